The van der Waals surface area contributed by atoms with Crippen molar-refractivity contribution in [1.82, 2.24) is 9.80 Å². The number of methoxy groups -OCH3 is 1. The number of amides is 1. The molecule has 116 valence electrons. The van der Waals surface area contributed by atoms with Crippen LogP contribution in [0.2, 0.25) is 0 Å². The van der Waals surface area contributed by atoms with Crippen molar-refractivity contribution in [2.45, 2.75) is 12.7 Å². The van der Waals surface area contributed by atoms with Crippen LogP contribution in [-0.2, 0) is 10.5 Å². The molecule has 0 aromatic heterocycles. The monoisotopic (exact) mass is 308 g/mol. The van der Waals surface area contributed by atoms with E-state index in [9.17, 15) is 4.79 Å². The first-order chi connectivity index (χ1) is 10.2. The molecule has 1 aliphatic heterocycles. The highest BCUT2D eigenvalue weighted by molar-refractivity contribution is 7.99. The zero-order valence-corrected chi connectivity index (χ0v) is 13.7. The minimum atomic E-state index is 0.268. The molecule has 1 aromatic rings. The minimum absolute atomic E-state index is 0.268. The number of ether oxygens (including phenoxy) is 1. The highest BCUT2D eigenvalue weighted by Crippen LogP contribution is 2.17. The average Bonchev–Trinajstić information content (AvgIpc) is 2.55. The number of hydrogen-bond donors (Lipinski definition) is 0. The number of hydrogen-bond acceptors (Lipinski definition) is 4. The van der Waals surface area contributed by atoms with Gasteiger partial charge in [-0.1, -0.05) is 19.1 Å². The van der Waals surface area contributed by atoms with Crippen LogP contribution < -0.4 is 4.74 Å². The van der Waals surface area contributed by atoms with Gasteiger partial charge >= 0.3 is 0 Å². The van der Waals surface area contributed by atoms with E-state index in [4.69, 9.17) is 4.74 Å². The van der Waals surface area contributed by atoms with Crippen molar-refractivity contribution in [3.05, 3.63) is 29.8 Å². The predicted molar refractivity (Wildman–Crippen MR) is 87.9 cm³/mol. The molecule has 1 fully saturated rings. The summed E-state index contributed by atoms with van der Waals surface area (Å²) in [5.74, 6) is 2.57. The van der Waals surface area contributed by atoms with Crippen LogP contribution in [-0.4, -0.2) is 61.3 Å². The molecule has 5 heteroatoms. The van der Waals surface area contributed by atoms with Crippen molar-refractivity contribution in [3.8, 4) is 5.75 Å². The first-order valence-electron chi connectivity index (χ1n) is 7.43. The summed E-state index contributed by atoms with van der Waals surface area (Å²) in [7, 11) is 1.67. The summed E-state index contributed by atoms with van der Waals surface area (Å²) >= 11 is 1.68. The van der Waals surface area contributed by atoms with Crippen LogP contribution in [0.1, 0.15) is 12.5 Å². The summed E-state index contributed by atoms with van der Waals surface area (Å²) in [6.07, 6.45) is 0. The summed E-state index contributed by atoms with van der Waals surface area (Å²) in [5, 5.41) is 0. The quantitative estimate of drug-likeness (QED) is 0.806. The summed E-state index contributed by atoms with van der Waals surface area (Å²) in [6.45, 7) is 7.00. The zero-order valence-electron chi connectivity index (χ0n) is 12.9. The van der Waals surface area contributed by atoms with Crippen LogP contribution in [0, 0.1) is 0 Å². The summed E-state index contributed by atoms with van der Waals surface area (Å²) < 4.78 is 5.14. The van der Waals surface area contributed by atoms with Gasteiger partial charge in [0, 0.05) is 31.9 Å². The molecule has 0 N–H and O–H groups in total. The molecule has 1 aromatic carbocycles. The van der Waals surface area contributed by atoms with Gasteiger partial charge in [-0.15, -0.1) is 11.8 Å². The fraction of sp³-hybridized carbons (Fsp3) is 0.562. The van der Waals surface area contributed by atoms with Gasteiger partial charge in [-0.3, -0.25) is 4.79 Å². The molecule has 0 aliphatic carbocycles. The third kappa shape index (κ3) is 4.93. The molecule has 0 saturated carbocycles. The lowest BCUT2D eigenvalue weighted by Crippen LogP contribution is -2.49. The molecule has 2 rings (SSSR count). The van der Waals surface area contributed by atoms with E-state index >= 15 is 0 Å². The second kappa shape index (κ2) is 8.29. The third-order valence-electron chi connectivity index (χ3n) is 3.83. The number of carbonyl (C=O) groups is 1. The fourth-order valence-electron chi connectivity index (χ4n) is 2.38. The largest absolute Gasteiger partial charge is 0.497 e. The van der Waals surface area contributed by atoms with Crippen molar-refractivity contribution >= 4 is 17.7 Å². The van der Waals surface area contributed by atoms with Gasteiger partial charge in [0.1, 0.15) is 5.75 Å². The van der Waals surface area contributed by atoms with Gasteiger partial charge in [0.2, 0.25) is 5.91 Å². The number of piperazine rings is 1. The predicted octanol–water partition coefficient (Wildman–Crippen LogP) is 2.09. The topological polar surface area (TPSA) is 32.8 Å². The maximum atomic E-state index is 12.2. The number of thioether (sulfide) groups is 1. The first kappa shape index (κ1) is 16.2. The summed E-state index contributed by atoms with van der Waals surface area (Å²) in [4.78, 5) is 16.5. The third-order valence-corrected chi connectivity index (χ3v) is 4.81. The number of rotatable bonds is 6. The maximum absolute atomic E-state index is 12.2. The molecule has 1 saturated heterocycles. The zero-order chi connectivity index (χ0) is 15.1. The lowest BCUT2D eigenvalue weighted by atomic mass is 10.2. The number of benzene rings is 1. The number of likely N-dealkylation sites (N-methyl/N-ethyl adjacent to an activating group) is 1. The van der Waals surface area contributed by atoms with E-state index in [1.807, 2.05) is 17.0 Å². The van der Waals surface area contributed by atoms with Crippen molar-refractivity contribution in [2.24, 2.45) is 0 Å². The van der Waals surface area contributed by atoms with Crippen LogP contribution in [0.25, 0.3) is 0 Å². The number of nitrogens with zero attached hydrogens (tertiary/aromatic N) is 2. The Morgan fingerprint density at radius 1 is 1.19 bits per heavy atom. The Balaban J connectivity index is 1.69. The summed E-state index contributed by atoms with van der Waals surface area (Å²) in [5.41, 5.74) is 1.23. The van der Waals surface area contributed by atoms with Crippen molar-refractivity contribution in [3.63, 3.8) is 0 Å². The van der Waals surface area contributed by atoms with Crippen LogP contribution in [0.5, 0.6) is 5.75 Å². The molecule has 4 nitrogen and oxygen atoms in total. The van der Waals surface area contributed by atoms with Crippen molar-refractivity contribution in [1.29, 1.82) is 0 Å². The van der Waals surface area contributed by atoms with Crippen LogP contribution in [0.4, 0.5) is 0 Å². The first-order valence-corrected chi connectivity index (χ1v) is 8.59. The normalized spacial score (nSPS) is 16.0. The minimum Gasteiger partial charge on any atom is -0.497 e. The second-order valence-corrected chi connectivity index (χ2v) is 6.14. The Morgan fingerprint density at radius 3 is 2.43 bits per heavy atom. The molecule has 21 heavy (non-hydrogen) atoms. The van der Waals surface area contributed by atoms with Crippen molar-refractivity contribution in [2.75, 3.05) is 45.6 Å². The van der Waals surface area contributed by atoms with E-state index in [0.29, 0.717) is 5.75 Å². The van der Waals surface area contributed by atoms with Crippen LogP contribution >= 0.6 is 11.8 Å². The van der Waals surface area contributed by atoms with E-state index < -0.39 is 0 Å². The van der Waals surface area contributed by atoms with Gasteiger partial charge in [0.05, 0.1) is 12.9 Å². The van der Waals surface area contributed by atoms with Gasteiger partial charge in [0.25, 0.3) is 0 Å². The number of carbonyl (C=O) groups excluding carboxylic acids is 1. The Labute approximate surface area is 131 Å². The molecule has 0 spiro atoms. The highest BCUT2D eigenvalue weighted by Gasteiger charge is 2.19. The SMILES string of the molecule is CCN1CCN(C(=O)CSCc2ccc(OC)cc2)CC1. The van der Waals surface area contributed by atoms with E-state index in [1.54, 1.807) is 18.9 Å². The Bertz CT molecular complexity index is 442. The van der Waals surface area contributed by atoms with E-state index in [-0.39, 0.29) is 5.91 Å². The Kier molecular flexibility index (Phi) is 6.39. The molecule has 1 aliphatic rings. The highest BCUT2D eigenvalue weighted by atomic mass is 32.2. The maximum Gasteiger partial charge on any atom is 0.232 e. The van der Waals surface area contributed by atoms with Gasteiger partial charge in [0.15, 0.2) is 0 Å². The van der Waals surface area contributed by atoms with Gasteiger partial charge < -0.3 is 14.5 Å². The van der Waals surface area contributed by atoms with Gasteiger partial charge in [-0.2, -0.15) is 0 Å². The Morgan fingerprint density at radius 2 is 1.86 bits per heavy atom. The summed E-state index contributed by atoms with van der Waals surface area (Å²) in [6, 6.07) is 8.02. The molecule has 0 unspecified atom stereocenters. The average molecular weight is 308 g/mol. The van der Waals surface area contributed by atoms with Crippen LogP contribution in [0.15, 0.2) is 24.3 Å². The van der Waals surface area contributed by atoms with Gasteiger partial charge in [-0.25, -0.2) is 0 Å². The smallest absolute Gasteiger partial charge is 0.232 e. The van der Waals surface area contributed by atoms with Crippen molar-refractivity contribution < 1.29 is 9.53 Å². The van der Waals surface area contributed by atoms with Crippen LogP contribution in [0.3, 0.4) is 0 Å². The molecule has 1 amide bonds. The molecular weight excluding hydrogens is 284 g/mol. The molecule has 0 bridgehead atoms. The molecular formula is C16H24N2O2S. The lowest BCUT2D eigenvalue weighted by Gasteiger charge is -2.34. The molecule has 0 atom stereocenters. The second-order valence-electron chi connectivity index (χ2n) is 5.16. The Hall–Kier alpha value is -1.20. The van der Waals surface area contributed by atoms with Gasteiger partial charge in [-0.05, 0) is 24.2 Å². The van der Waals surface area contributed by atoms with E-state index in [1.165, 1.54) is 5.56 Å². The molecule has 1 heterocycles. The standard InChI is InChI=1S/C16H24N2O2S/c1-3-17-8-10-18(11-9-17)16(19)13-21-12-14-4-6-15(20-2)7-5-14/h4-7H,3,8-13H2,1-2H3. The lowest BCUT2D eigenvalue weighted by molar-refractivity contribution is -0.130. The fourth-order valence-corrected chi connectivity index (χ4v) is 3.27. The van der Waals surface area contributed by atoms with E-state index in [0.717, 1.165) is 44.2 Å². The molecule has 0 radical (unpaired) electrons. The van der Waals surface area contributed by atoms with E-state index in [2.05, 4.69) is 24.0 Å².